The molecule has 2 heteroatoms. The van der Waals surface area contributed by atoms with Crippen molar-refractivity contribution in [1.82, 2.24) is 0 Å². The third-order valence-corrected chi connectivity index (χ3v) is 0.923. The lowest BCUT2D eigenvalue weighted by atomic mass is 10.4. The van der Waals surface area contributed by atoms with E-state index < -0.39 is 6.36 Å². The summed E-state index contributed by atoms with van der Waals surface area (Å²) in [4.78, 5) is 0. The molecule has 0 aliphatic carbocycles. The van der Waals surface area contributed by atoms with Gasteiger partial charge in [-0.15, -0.1) is 0 Å². The van der Waals surface area contributed by atoms with E-state index in [0.29, 0.717) is 0 Å². The molecule has 0 radical (unpaired) electrons. The van der Waals surface area contributed by atoms with Gasteiger partial charge in [0, 0.05) is 0 Å². The van der Waals surface area contributed by atoms with E-state index in [9.17, 15) is 4.39 Å². The molecule has 1 saturated heterocycles. The molecule has 36 valence electrons. The first-order chi connectivity index (χ1) is 2.84. The van der Waals surface area contributed by atoms with Crippen LogP contribution in [0.5, 0.6) is 0 Å². The number of ether oxygens (including phenoxy) is 1. The van der Waals surface area contributed by atoms with Gasteiger partial charge in [0.25, 0.3) is 0 Å². The van der Waals surface area contributed by atoms with E-state index in [-0.39, 0.29) is 6.10 Å². The second-order valence-electron chi connectivity index (χ2n) is 1.43. The van der Waals surface area contributed by atoms with Crippen LogP contribution in [-0.2, 0) is 4.74 Å². The number of hydrogen-bond acceptors (Lipinski definition) is 1. The maximum absolute atomic E-state index is 11.6. The summed E-state index contributed by atoms with van der Waals surface area (Å²) in [6.07, 6.45) is -0.193. The SMILES string of the molecule is CCC1OC1F. The standard InChI is InChI=1S/C4H7FO/c1-2-3-4(5)6-3/h3-4H,2H2,1H3. The van der Waals surface area contributed by atoms with E-state index in [4.69, 9.17) is 0 Å². The summed E-state index contributed by atoms with van der Waals surface area (Å²) in [5, 5.41) is 0. The van der Waals surface area contributed by atoms with Crippen LogP contribution in [0.25, 0.3) is 0 Å². The smallest absolute Gasteiger partial charge is 0.225 e. The van der Waals surface area contributed by atoms with Crippen LogP contribution in [0.3, 0.4) is 0 Å². The third kappa shape index (κ3) is 0.522. The largest absolute Gasteiger partial charge is 0.337 e. The fourth-order valence-electron chi connectivity index (χ4n) is 0.403. The molecular formula is C4H7FO. The summed E-state index contributed by atoms with van der Waals surface area (Å²) >= 11 is 0. The molecular weight excluding hydrogens is 83.0 g/mol. The highest BCUT2D eigenvalue weighted by atomic mass is 19.2. The number of hydrogen-bond donors (Lipinski definition) is 0. The maximum atomic E-state index is 11.6. The Morgan fingerprint density at radius 2 is 2.33 bits per heavy atom. The van der Waals surface area contributed by atoms with Crippen molar-refractivity contribution < 1.29 is 9.13 Å². The fraction of sp³-hybridized carbons (Fsp3) is 1.00. The molecule has 2 unspecified atom stereocenters. The van der Waals surface area contributed by atoms with Gasteiger partial charge in [0.2, 0.25) is 6.36 Å². The van der Waals surface area contributed by atoms with E-state index in [0.717, 1.165) is 6.42 Å². The van der Waals surface area contributed by atoms with Gasteiger partial charge in [-0.25, -0.2) is 4.39 Å². The predicted molar refractivity (Wildman–Crippen MR) is 20.1 cm³/mol. The van der Waals surface area contributed by atoms with Gasteiger partial charge in [0.15, 0.2) is 0 Å². The van der Waals surface area contributed by atoms with Gasteiger partial charge < -0.3 is 4.74 Å². The zero-order valence-electron chi connectivity index (χ0n) is 3.65. The van der Waals surface area contributed by atoms with Crippen LogP contribution in [0.2, 0.25) is 0 Å². The Morgan fingerprint density at radius 1 is 1.83 bits per heavy atom. The Morgan fingerprint density at radius 3 is 2.33 bits per heavy atom. The van der Waals surface area contributed by atoms with E-state index in [1.165, 1.54) is 0 Å². The second kappa shape index (κ2) is 1.19. The number of rotatable bonds is 1. The van der Waals surface area contributed by atoms with Gasteiger partial charge >= 0.3 is 0 Å². The summed E-state index contributed by atoms with van der Waals surface area (Å²) in [5.74, 6) is 0. The van der Waals surface area contributed by atoms with E-state index in [1.807, 2.05) is 6.92 Å². The zero-order valence-corrected chi connectivity index (χ0v) is 3.65. The topological polar surface area (TPSA) is 12.5 Å². The van der Waals surface area contributed by atoms with Crippen molar-refractivity contribution >= 4 is 0 Å². The van der Waals surface area contributed by atoms with Crippen molar-refractivity contribution in [3.8, 4) is 0 Å². The minimum Gasteiger partial charge on any atom is -0.337 e. The minimum absolute atomic E-state index is 0.0648. The van der Waals surface area contributed by atoms with Gasteiger partial charge in [0.1, 0.15) is 6.10 Å². The first kappa shape index (κ1) is 4.06. The highest BCUT2D eigenvalue weighted by Gasteiger charge is 2.36. The molecule has 1 nitrogen and oxygen atoms in total. The molecule has 0 saturated carbocycles. The Hall–Kier alpha value is -0.110. The molecule has 2 atom stereocenters. The zero-order chi connectivity index (χ0) is 4.57. The summed E-state index contributed by atoms with van der Waals surface area (Å²) < 4.78 is 16.0. The first-order valence-electron chi connectivity index (χ1n) is 2.14. The molecule has 1 fully saturated rings. The van der Waals surface area contributed by atoms with Crippen molar-refractivity contribution in [2.45, 2.75) is 25.8 Å². The molecule has 0 aromatic carbocycles. The average Bonchev–Trinajstić information content (AvgIpc) is 2.19. The highest BCUT2D eigenvalue weighted by molar-refractivity contribution is 4.72. The quantitative estimate of drug-likeness (QED) is 0.439. The molecule has 0 spiro atoms. The van der Waals surface area contributed by atoms with Gasteiger partial charge in [0.05, 0.1) is 0 Å². The molecule has 1 aliphatic heterocycles. The fourth-order valence-corrected chi connectivity index (χ4v) is 0.403. The van der Waals surface area contributed by atoms with E-state index in [1.54, 1.807) is 0 Å². The third-order valence-electron chi connectivity index (χ3n) is 0.923. The molecule has 1 rings (SSSR count). The van der Waals surface area contributed by atoms with Gasteiger partial charge in [-0.2, -0.15) is 0 Å². The van der Waals surface area contributed by atoms with Crippen molar-refractivity contribution in [2.24, 2.45) is 0 Å². The normalized spacial score (nSPS) is 43.0. The minimum atomic E-state index is -0.935. The summed E-state index contributed by atoms with van der Waals surface area (Å²) in [5.41, 5.74) is 0. The van der Waals surface area contributed by atoms with Crippen LogP contribution in [0, 0.1) is 0 Å². The number of epoxide rings is 1. The highest BCUT2D eigenvalue weighted by Crippen LogP contribution is 2.25. The summed E-state index contributed by atoms with van der Waals surface area (Å²) in [6.45, 7) is 1.91. The molecule has 0 aromatic heterocycles. The van der Waals surface area contributed by atoms with Gasteiger partial charge in [-0.3, -0.25) is 0 Å². The lowest BCUT2D eigenvalue weighted by molar-refractivity contribution is 0.264. The van der Waals surface area contributed by atoms with E-state index >= 15 is 0 Å². The lowest BCUT2D eigenvalue weighted by Gasteiger charge is -1.70. The first-order valence-corrected chi connectivity index (χ1v) is 2.14. The Balaban J connectivity index is 2.09. The van der Waals surface area contributed by atoms with E-state index in [2.05, 4.69) is 4.74 Å². The molecule has 6 heavy (non-hydrogen) atoms. The van der Waals surface area contributed by atoms with Crippen LogP contribution in [0.4, 0.5) is 4.39 Å². The van der Waals surface area contributed by atoms with Gasteiger partial charge in [-0.1, -0.05) is 6.92 Å². The van der Waals surface area contributed by atoms with Gasteiger partial charge in [-0.05, 0) is 6.42 Å². The van der Waals surface area contributed by atoms with Crippen molar-refractivity contribution in [3.63, 3.8) is 0 Å². The van der Waals surface area contributed by atoms with Crippen molar-refractivity contribution in [2.75, 3.05) is 0 Å². The molecule has 0 N–H and O–H groups in total. The molecule has 0 bridgehead atoms. The monoisotopic (exact) mass is 90.0 g/mol. The summed E-state index contributed by atoms with van der Waals surface area (Å²) in [6, 6.07) is 0. The van der Waals surface area contributed by atoms with Crippen LogP contribution in [-0.4, -0.2) is 12.5 Å². The van der Waals surface area contributed by atoms with Crippen molar-refractivity contribution in [1.29, 1.82) is 0 Å². The Bertz CT molecular complexity index is 53.5. The lowest BCUT2D eigenvalue weighted by Crippen LogP contribution is -1.80. The second-order valence-corrected chi connectivity index (χ2v) is 1.43. The van der Waals surface area contributed by atoms with Crippen LogP contribution in [0.1, 0.15) is 13.3 Å². The Kier molecular flexibility index (Phi) is 0.804. The predicted octanol–water partition coefficient (Wildman–Crippen LogP) is 1.09. The molecule has 0 aromatic rings. The molecule has 0 amide bonds. The average molecular weight is 90.1 g/mol. The number of halogens is 1. The van der Waals surface area contributed by atoms with Crippen molar-refractivity contribution in [3.05, 3.63) is 0 Å². The molecule has 1 aliphatic rings. The van der Waals surface area contributed by atoms with Crippen LogP contribution < -0.4 is 0 Å². The summed E-state index contributed by atoms with van der Waals surface area (Å²) in [7, 11) is 0. The molecule has 1 heterocycles. The number of alkyl halides is 1. The maximum Gasteiger partial charge on any atom is 0.225 e. The Labute approximate surface area is 36.1 Å². The van der Waals surface area contributed by atoms with Crippen LogP contribution in [0.15, 0.2) is 0 Å². The van der Waals surface area contributed by atoms with Crippen LogP contribution >= 0.6 is 0 Å².